The molecule has 1 heterocycles. The Morgan fingerprint density at radius 1 is 1.47 bits per heavy atom. The second-order valence-corrected chi connectivity index (χ2v) is 4.81. The molecule has 90 valence electrons. The summed E-state index contributed by atoms with van der Waals surface area (Å²) in [4.78, 5) is 4.11. The van der Waals surface area contributed by atoms with Crippen molar-refractivity contribution in [3.8, 4) is 5.75 Å². The molecule has 0 aliphatic heterocycles. The summed E-state index contributed by atoms with van der Waals surface area (Å²) in [7, 11) is 0. The van der Waals surface area contributed by atoms with Crippen molar-refractivity contribution in [3.05, 3.63) is 39.4 Å². The molecule has 0 fully saturated rings. The molecule has 0 amide bonds. The highest BCUT2D eigenvalue weighted by Crippen LogP contribution is 2.31. The molecule has 0 bridgehead atoms. The minimum absolute atomic E-state index is 0.311. The van der Waals surface area contributed by atoms with Crippen LogP contribution in [0.3, 0.4) is 0 Å². The summed E-state index contributed by atoms with van der Waals surface area (Å²) in [6.07, 6.45) is -0.311. The molecule has 0 aliphatic carbocycles. The highest BCUT2D eigenvalue weighted by molar-refractivity contribution is 9.10. The predicted octanol–water partition coefficient (Wildman–Crippen LogP) is 3.93. The van der Waals surface area contributed by atoms with Gasteiger partial charge in [-0.05, 0) is 48.0 Å². The lowest BCUT2D eigenvalue weighted by Gasteiger charge is -2.12. The van der Waals surface area contributed by atoms with Crippen molar-refractivity contribution in [2.75, 3.05) is 0 Å². The van der Waals surface area contributed by atoms with Crippen molar-refractivity contribution in [2.45, 2.75) is 20.0 Å². The second kappa shape index (κ2) is 5.06. The first-order valence-electron chi connectivity index (χ1n) is 4.98. The third-order valence-electron chi connectivity index (χ3n) is 2.09. The van der Waals surface area contributed by atoms with E-state index < -0.39 is 0 Å². The van der Waals surface area contributed by atoms with Crippen LogP contribution < -0.4 is 4.74 Å². The minimum atomic E-state index is -0.311. The van der Waals surface area contributed by atoms with Crippen LogP contribution in [0, 0.1) is 6.92 Å². The molecule has 1 unspecified atom stereocenters. The van der Waals surface area contributed by atoms with E-state index in [1.165, 1.54) is 0 Å². The average molecular weight is 318 g/mol. The van der Waals surface area contributed by atoms with Gasteiger partial charge in [-0.2, -0.15) is 4.98 Å². The number of benzene rings is 1. The van der Waals surface area contributed by atoms with Crippen molar-refractivity contribution in [1.82, 2.24) is 10.1 Å². The van der Waals surface area contributed by atoms with Crippen LogP contribution in [-0.4, -0.2) is 10.1 Å². The number of rotatable bonds is 3. The van der Waals surface area contributed by atoms with E-state index in [1.807, 2.05) is 6.92 Å². The lowest BCUT2D eigenvalue weighted by atomic mass is 10.3. The van der Waals surface area contributed by atoms with Crippen LogP contribution in [-0.2, 0) is 0 Å². The van der Waals surface area contributed by atoms with E-state index in [0.717, 1.165) is 4.47 Å². The highest BCUT2D eigenvalue weighted by Gasteiger charge is 2.15. The molecule has 17 heavy (non-hydrogen) atoms. The van der Waals surface area contributed by atoms with E-state index in [-0.39, 0.29) is 6.10 Å². The van der Waals surface area contributed by atoms with Crippen LogP contribution in [0.4, 0.5) is 0 Å². The number of aryl methyl sites for hydroxylation is 1. The number of ether oxygens (including phenoxy) is 1. The fourth-order valence-electron chi connectivity index (χ4n) is 1.29. The summed E-state index contributed by atoms with van der Waals surface area (Å²) in [6.45, 7) is 3.60. The number of hydrogen-bond donors (Lipinski definition) is 0. The Morgan fingerprint density at radius 3 is 2.82 bits per heavy atom. The first-order valence-corrected chi connectivity index (χ1v) is 6.15. The van der Waals surface area contributed by atoms with E-state index >= 15 is 0 Å². The van der Waals surface area contributed by atoms with Gasteiger partial charge in [0.05, 0.1) is 4.47 Å². The van der Waals surface area contributed by atoms with Gasteiger partial charge in [0.1, 0.15) is 5.75 Å². The van der Waals surface area contributed by atoms with Crippen LogP contribution >= 0.6 is 27.5 Å². The first-order chi connectivity index (χ1) is 8.06. The lowest BCUT2D eigenvalue weighted by molar-refractivity contribution is 0.174. The molecule has 0 saturated carbocycles. The van der Waals surface area contributed by atoms with Gasteiger partial charge in [-0.1, -0.05) is 16.8 Å². The fraction of sp³-hybridized carbons (Fsp3) is 0.273. The van der Waals surface area contributed by atoms with Crippen molar-refractivity contribution in [1.29, 1.82) is 0 Å². The molecule has 0 spiro atoms. The average Bonchev–Trinajstić information content (AvgIpc) is 2.69. The number of aromatic nitrogens is 2. The van der Waals surface area contributed by atoms with Gasteiger partial charge in [-0.25, -0.2) is 0 Å². The summed E-state index contributed by atoms with van der Waals surface area (Å²) in [5.41, 5.74) is 0. The van der Waals surface area contributed by atoms with Gasteiger partial charge in [0.2, 0.25) is 0 Å². The quantitative estimate of drug-likeness (QED) is 0.860. The smallest absolute Gasteiger partial charge is 0.267 e. The van der Waals surface area contributed by atoms with Gasteiger partial charge in [-0.15, -0.1) is 0 Å². The second-order valence-electron chi connectivity index (χ2n) is 3.51. The molecular weight excluding hydrogens is 307 g/mol. The molecule has 1 atom stereocenters. The molecule has 1 aromatic carbocycles. The van der Waals surface area contributed by atoms with Gasteiger partial charge in [0.15, 0.2) is 11.9 Å². The normalized spacial score (nSPS) is 12.5. The van der Waals surface area contributed by atoms with Gasteiger partial charge >= 0.3 is 0 Å². The zero-order chi connectivity index (χ0) is 12.4. The van der Waals surface area contributed by atoms with Crippen LogP contribution in [0.2, 0.25) is 5.02 Å². The molecule has 0 aliphatic rings. The molecule has 2 rings (SSSR count). The fourth-order valence-corrected chi connectivity index (χ4v) is 2.07. The molecular formula is C11H10BrClN2O2. The monoisotopic (exact) mass is 316 g/mol. The Labute approximate surface area is 112 Å². The molecule has 1 aromatic heterocycles. The maximum atomic E-state index is 5.85. The molecule has 6 heteroatoms. The Hall–Kier alpha value is -1.07. The molecule has 4 nitrogen and oxygen atoms in total. The summed E-state index contributed by atoms with van der Waals surface area (Å²) in [5.74, 6) is 1.72. The Balaban J connectivity index is 2.15. The largest absolute Gasteiger partial charge is 0.480 e. The molecule has 0 N–H and O–H groups in total. The highest BCUT2D eigenvalue weighted by atomic mass is 79.9. The molecule has 2 aromatic rings. The maximum absolute atomic E-state index is 5.85. The lowest BCUT2D eigenvalue weighted by Crippen LogP contribution is -2.03. The maximum Gasteiger partial charge on any atom is 0.267 e. The van der Waals surface area contributed by atoms with Crippen LogP contribution in [0.1, 0.15) is 24.7 Å². The SMILES string of the molecule is Cc1noc(C(C)Oc2ccc(Cl)cc2Br)n1. The third-order valence-corrected chi connectivity index (χ3v) is 2.94. The minimum Gasteiger partial charge on any atom is -0.480 e. The summed E-state index contributed by atoms with van der Waals surface area (Å²) >= 11 is 9.22. The standard InChI is InChI=1S/C11H10BrClN2O2/c1-6(11-14-7(2)15-17-11)16-10-4-3-8(13)5-9(10)12/h3-6H,1-2H3. The van der Waals surface area contributed by atoms with Crippen molar-refractivity contribution in [2.24, 2.45) is 0 Å². The first kappa shape index (κ1) is 12.4. The zero-order valence-electron chi connectivity index (χ0n) is 9.28. The summed E-state index contributed by atoms with van der Waals surface area (Å²) in [6, 6.07) is 5.31. The number of halogens is 2. The van der Waals surface area contributed by atoms with Crippen LogP contribution in [0.15, 0.2) is 27.2 Å². The molecule has 0 saturated heterocycles. The van der Waals surface area contributed by atoms with Crippen LogP contribution in [0.5, 0.6) is 5.75 Å². The summed E-state index contributed by atoms with van der Waals surface area (Å²) < 4.78 is 11.5. The van der Waals surface area contributed by atoms with Gasteiger partial charge in [-0.3, -0.25) is 0 Å². The van der Waals surface area contributed by atoms with Gasteiger partial charge in [0, 0.05) is 5.02 Å². The van der Waals surface area contributed by atoms with Gasteiger partial charge in [0.25, 0.3) is 5.89 Å². The van der Waals surface area contributed by atoms with Crippen LogP contribution in [0.25, 0.3) is 0 Å². The predicted molar refractivity (Wildman–Crippen MR) is 67.2 cm³/mol. The summed E-state index contributed by atoms with van der Waals surface area (Å²) in [5, 5.41) is 4.36. The van der Waals surface area contributed by atoms with E-state index in [4.69, 9.17) is 20.9 Å². The van der Waals surface area contributed by atoms with E-state index in [0.29, 0.717) is 22.5 Å². The van der Waals surface area contributed by atoms with E-state index in [9.17, 15) is 0 Å². The molecule has 0 radical (unpaired) electrons. The third kappa shape index (κ3) is 2.98. The van der Waals surface area contributed by atoms with E-state index in [2.05, 4.69) is 26.1 Å². The Kier molecular flexibility index (Phi) is 3.69. The van der Waals surface area contributed by atoms with E-state index in [1.54, 1.807) is 25.1 Å². The van der Waals surface area contributed by atoms with Crippen molar-refractivity contribution >= 4 is 27.5 Å². The number of hydrogen-bond acceptors (Lipinski definition) is 4. The van der Waals surface area contributed by atoms with Crippen molar-refractivity contribution < 1.29 is 9.26 Å². The zero-order valence-corrected chi connectivity index (χ0v) is 11.6. The Bertz CT molecular complexity index is 530. The Morgan fingerprint density at radius 2 is 2.24 bits per heavy atom. The van der Waals surface area contributed by atoms with Crippen molar-refractivity contribution in [3.63, 3.8) is 0 Å². The topological polar surface area (TPSA) is 48.2 Å². The number of nitrogens with zero attached hydrogens (tertiary/aromatic N) is 2. The van der Waals surface area contributed by atoms with Gasteiger partial charge < -0.3 is 9.26 Å².